The number of fused-ring (bicyclic) bond motifs is 1. The van der Waals surface area contributed by atoms with Gasteiger partial charge in [0.05, 0.1) is 13.7 Å². The number of carbonyl (C=O) groups is 3. The Morgan fingerprint density at radius 1 is 1.34 bits per heavy atom. The molecule has 0 saturated carbocycles. The minimum atomic E-state index is -4.47. The van der Waals surface area contributed by atoms with Crippen molar-refractivity contribution in [2.75, 3.05) is 20.2 Å². The maximum absolute atomic E-state index is 14.0. The number of nitrogens with one attached hydrogen (secondary N) is 2. The molecule has 2 N–H and O–H groups in total. The molecule has 1 fully saturated rings. The summed E-state index contributed by atoms with van der Waals surface area (Å²) in [6.45, 7) is 4.14. The van der Waals surface area contributed by atoms with E-state index in [0.717, 1.165) is 11.3 Å². The lowest BCUT2D eigenvalue weighted by Crippen LogP contribution is -2.56. The van der Waals surface area contributed by atoms with E-state index in [9.17, 15) is 22.8 Å². The average molecular weight is 563 g/mol. The van der Waals surface area contributed by atoms with E-state index in [1.54, 1.807) is 18.2 Å². The van der Waals surface area contributed by atoms with Gasteiger partial charge in [-0.05, 0) is 43.9 Å². The highest BCUT2D eigenvalue weighted by Crippen LogP contribution is 2.29. The van der Waals surface area contributed by atoms with Gasteiger partial charge in [-0.2, -0.15) is 8.42 Å². The zero-order valence-corrected chi connectivity index (χ0v) is 22.9. The molecule has 3 aromatic rings. The van der Waals surface area contributed by atoms with Gasteiger partial charge in [0.15, 0.2) is 22.9 Å². The molecule has 4 rings (SSSR count). The highest BCUT2D eigenvalue weighted by Gasteiger charge is 2.44. The molecule has 1 aliphatic heterocycles. The van der Waals surface area contributed by atoms with Gasteiger partial charge >= 0.3 is 0 Å². The lowest BCUT2D eigenvalue weighted by molar-refractivity contribution is -0.135. The number of carbonyl (C=O) groups excluding carboxylic acids is 3. The standard InChI is InChI=1S/C25H30N4O7S2/c1-15(2)12-17(28-23(31)21-13-16-6-4-8-20(35-3)22(16)36-21)24(32)29(18-7-5-9-26-14-19(18)30)38(33,34)25-27-10-11-37-25/h4,6,8,10-11,13,15,17-18,26H,5,7,9,12,14H2,1-3H3,(H,28,31)/t17?,18-/m0/s1. The third-order valence-electron chi connectivity index (χ3n) is 6.15. The molecule has 13 heteroatoms. The van der Waals surface area contributed by atoms with Crippen molar-refractivity contribution in [1.29, 1.82) is 0 Å². The topological polar surface area (TPSA) is 148 Å². The van der Waals surface area contributed by atoms with Crippen LogP contribution in [0.3, 0.4) is 0 Å². The van der Waals surface area contributed by atoms with E-state index in [-0.39, 0.29) is 35.4 Å². The second-order valence-corrected chi connectivity index (χ2v) is 12.3. The van der Waals surface area contributed by atoms with E-state index in [2.05, 4.69) is 15.6 Å². The molecule has 2 aromatic heterocycles. The van der Waals surface area contributed by atoms with Crippen molar-refractivity contribution < 1.29 is 32.0 Å². The Morgan fingerprint density at radius 2 is 2.13 bits per heavy atom. The molecular weight excluding hydrogens is 532 g/mol. The first-order chi connectivity index (χ1) is 18.1. The number of thiazole rings is 1. The van der Waals surface area contributed by atoms with Crippen LogP contribution in [-0.4, -0.2) is 67.6 Å². The van der Waals surface area contributed by atoms with Gasteiger partial charge in [0, 0.05) is 17.0 Å². The summed E-state index contributed by atoms with van der Waals surface area (Å²) in [5.41, 5.74) is 0.372. The quantitative estimate of drug-likeness (QED) is 0.401. The van der Waals surface area contributed by atoms with Gasteiger partial charge in [0.1, 0.15) is 12.1 Å². The number of ether oxygens (including phenoxy) is 1. The number of ketones is 1. The summed E-state index contributed by atoms with van der Waals surface area (Å²) >= 11 is 0.854. The fourth-order valence-electron chi connectivity index (χ4n) is 4.41. The predicted molar refractivity (Wildman–Crippen MR) is 141 cm³/mol. The second-order valence-electron chi connectivity index (χ2n) is 9.38. The number of methoxy groups -OCH3 is 1. The minimum Gasteiger partial charge on any atom is -0.493 e. The number of furan rings is 1. The van der Waals surface area contributed by atoms with Crippen molar-refractivity contribution in [2.24, 2.45) is 5.92 Å². The molecule has 2 atom stereocenters. The number of nitrogens with zero attached hydrogens (tertiary/aromatic N) is 2. The van der Waals surface area contributed by atoms with E-state index in [4.69, 9.17) is 9.15 Å². The van der Waals surface area contributed by atoms with Crippen LogP contribution in [-0.2, 0) is 19.6 Å². The minimum absolute atomic E-state index is 0.0601. The number of rotatable bonds is 9. The molecule has 1 aliphatic rings. The smallest absolute Gasteiger partial charge is 0.294 e. The molecule has 0 spiro atoms. The maximum Gasteiger partial charge on any atom is 0.294 e. The van der Waals surface area contributed by atoms with Gasteiger partial charge in [-0.25, -0.2) is 9.29 Å². The van der Waals surface area contributed by atoms with Gasteiger partial charge in [0.2, 0.25) is 4.34 Å². The van der Waals surface area contributed by atoms with Crippen LogP contribution in [0.5, 0.6) is 5.75 Å². The summed E-state index contributed by atoms with van der Waals surface area (Å²) in [4.78, 5) is 44.1. The Hall–Kier alpha value is -3.29. The predicted octanol–water partition coefficient (Wildman–Crippen LogP) is 2.58. The van der Waals surface area contributed by atoms with E-state index in [1.807, 2.05) is 13.8 Å². The average Bonchev–Trinajstić information content (AvgIpc) is 3.53. The van der Waals surface area contributed by atoms with Crippen molar-refractivity contribution >= 4 is 49.9 Å². The highest BCUT2D eigenvalue weighted by molar-refractivity contribution is 7.91. The van der Waals surface area contributed by atoms with Crippen LogP contribution in [0.1, 0.15) is 43.7 Å². The first kappa shape index (κ1) is 27.7. The van der Waals surface area contributed by atoms with Crippen molar-refractivity contribution in [2.45, 2.75) is 49.5 Å². The molecule has 3 heterocycles. The Bertz CT molecular complexity index is 1420. The lowest BCUT2D eigenvalue weighted by atomic mass is 10.0. The van der Waals surface area contributed by atoms with Crippen LogP contribution in [0.25, 0.3) is 11.0 Å². The summed E-state index contributed by atoms with van der Waals surface area (Å²) in [7, 11) is -2.98. The molecule has 38 heavy (non-hydrogen) atoms. The molecule has 2 amide bonds. The van der Waals surface area contributed by atoms with Gasteiger partial charge in [-0.1, -0.05) is 26.0 Å². The molecule has 0 aliphatic carbocycles. The first-order valence-electron chi connectivity index (χ1n) is 12.2. The Kier molecular flexibility index (Phi) is 8.48. The Morgan fingerprint density at radius 3 is 2.82 bits per heavy atom. The number of Topliss-reactive ketones (excluding diaryl/α,β-unsaturated/α-hetero) is 1. The molecule has 1 aromatic carbocycles. The number of amides is 2. The molecular formula is C25H30N4O7S2. The van der Waals surface area contributed by atoms with Gasteiger partial charge < -0.3 is 19.8 Å². The highest BCUT2D eigenvalue weighted by atomic mass is 32.2. The van der Waals surface area contributed by atoms with E-state index < -0.39 is 39.7 Å². The summed E-state index contributed by atoms with van der Waals surface area (Å²) < 4.78 is 38.7. The summed E-state index contributed by atoms with van der Waals surface area (Å²) in [6, 6.07) is 4.27. The normalized spacial score (nSPS) is 17.3. The number of hydrogen-bond acceptors (Lipinski definition) is 10. The molecule has 204 valence electrons. The van der Waals surface area contributed by atoms with Gasteiger partial charge in [-0.15, -0.1) is 11.3 Å². The van der Waals surface area contributed by atoms with Gasteiger partial charge in [0.25, 0.3) is 21.8 Å². The second kappa shape index (κ2) is 11.6. The third-order valence-corrected chi connectivity index (χ3v) is 9.14. The van der Waals surface area contributed by atoms with Crippen LogP contribution in [0, 0.1) is 5.92 Å². The molecule has 0 bridgehead atoms. The summed E-state index contributed by atoms with van der Waals surface area (Å²) in [5.74, 6) is -1.71. The largest absolute Gasteiger partial charge is 0.493 e. The fourth-order valence-corrected chi connectivity index (χ4v) is 6.94. The number of benzene rings is 1. The van der Waals surface area contributed by atoms with Crippen LogP contribution in [0.15, 0.2) is 44.6 Å². The summed E-state index contributed by atoms with van der Waals surface area (Å²) in [6.07, 6.45) is 2.11. The van der Waals surface area contributed by atoms with Crippen LogP contribution in [0.2, 0.25) is 0 Å². The van der Waals surface area contributed by atoms with Crippen molar-refractivity contribution in [3.05, 3.63) is 41.6 Å². The van der Waals surface area contributed by atoms with Crippen molar-refractivity contribution in [1.82, 2.24) is 19.9 Å². The van der Waals surface area contributed by atoms with E-state index in [0.29, 0.717) is 34.0 Å². The summed E-state index contributed by atoms with van der Waals surface area (Å²) in [5, 5.41) is 7.73. The van der Waals surface area contributed by atoms with Crippen molar-refractivity contribution in [3.63, 3.8) is 0 Å². The third kappa shape index (κ3) is 5.74. The number of para-hydroxylation sites is 1. The van der Waals surface area contributed by atoms with Crippen LogP contribution < -0.4 is 15.4 Å². The zero-order valence-electron chi connectivity index (χ0n) is 21.3. The monoisotopic (exact) mass is 562 g/mol. The maximum atomic E-state index is 14.0. The molecule has 1 saturated heterocycles. The zero-order chi connectivity index (χ0) is 27.4. The number of sulfonamides is 1. The van der Waals surface area contributed by atoms with Crippen molar-refractivity contribution in [3.8, 4) is 5.75 Å². The van der Waals surface area contributed by atoms with Crippen LogP contribution >= 0.6 is 11.3 Å². The Labute approximate surface area is 224 Å². The SMILES string of the molecule is COc1cccc2cc(C(=O)NC(CC(C)C)C(=O)N([C@H]3CCCNCC3=O)S(=O)(=O)c3nccs3)oc12. The van der Waals surface area contributed by atoms with Crippen LogP contribution in [0.4, 0.5) is 0 Å². The molecule has 1 unspecified atom stereocenters. The first-order valence-corrected chi connectivity index (χ1v) is 14.5. The van der Waals surface area contributed by atoms with Gasteiger partial charge in [-0.3, -0.25) is 14.4 Å². The lowest BCUT2D eigenvalue weighted by Gasteiger charge is -2.32. The number of aromatic nitrogens is 1. The number of hydrogen-bond donors (Lipinski definition) is 2. The fraction of sp³-hybridized carbons (Fsp3) is 0.440. The molecule has 0 radical (unpaired) electrons. The van der Waals surface area contributed by atoms with E-state index in [1.165, 1.54) is 24.8 Å². The molecule has 11 nitrogen and oxygen atoms in total. The Balaban J connectivity index is 1.71. The van der Waals surface area contributed by atoms with E-state index >= 15 is 0 Å².